The van der Waals surface area contributed by atoms with Gasteiger partial charge in [-0.15, -0.1) is 0 Å². The third-order valence-corrected chi connectivity index (χ3v) is 7.00. The number of hydrogen-bond donors (Lipinski definition) is 1. The van der Waals surface area contributed by atoms with E-state index < -0.39 is 12.8 Å². The van der Waals surface area contributed by atoms with Gasteiger partial charge in [0.15, 0.2) is 11.6 Å². The minimum absolute atomic E-state index is 0.00357. The van der Waals surface area contributed by atoms with Crippen LogP contribution in [-0.4, -0.2) is 65.6 Å². The fourth-order valence-corrected chi connectivity index (χ4v) is 5.45. The van der Waals surface area contributed by atoms with Crippen molar-refractivity contribution in [2.75, 3.05) is 35.2 Å². The average molecular weight is 448 g/mol. The van der Waals surface area contributed by atoms with Crippen LogP contribution in [0.2, 0.25) is 0 Å². The SMILES string of the molecule is Nc1ncc(-c2cc(N3C[C@@H]4C[C@H]3CO4)nc(N3CC4CC3CC4F)n2)cc1OC(F)F. The largest absolute Gasteiger partial charge is 0.431 e. The lowest BCUT2D eigenvalue weighted by Gasteiger charge is -2.32. The van der Waals surface area contributed by atoms with Crippen LogP contribution in [0.25, 0.3) is 11.3 Å². The Morgan fingerprint density at radius 2 is 1.97 bits per heavy atom. The molecule has 0 aromatic carbocycles. The first kappa shape index (κ1) is 19.8. The van der Waals surface area contributed by atoms with E-state index in [4.69, 9.17) is 20.4 Å². The summed E-state index contributed by atoms with van der Waals surface area (Å²) in [6.07, 6.45) is 3.11. The van der Waals surface area contributed by atoms with Gasteiger partial charge in [-0.25, -0.2) is 14.4 Å². The number of aromatic nitrogens is 3. The van der Waals surface area contributed by atoms with Gasteiger partial charge >= 0.3 is 6.61 Å². The van der Waals surface area contributed by atoms with Gasteiger partial charge in [-0.3, -0.25) is 0 Å². The van der Waals surface area contributed by atoms with Crippen molar-refractivity contribution in [2.24, 2.45) is 5.92 Å². The second-order valence-electron chi connectivity index (χ2n) is 8.95. The number of halogens is 3. The third-order valence-electron chi connectivity index (χ3n) is 7.00. The highest BCUT2D eigenvalue weighted by molar-refractivity contribution is 5.68. The highest BCUT2D eigenvalue weighted by Gasteiger charge is 2.46. The Hall–Kier alpha value is -2.82. The Morgan fingerprint density at radius 1 is 1.09 bits per heavy atom. The number of anilines is 3. The summed E-state index contributed by atoms with van der Waals surface area (Å²) in [6.45, 7) is -1.06. The first-order chi connectivity index (χ1) is 15.4. The molecule has 4 fully saturated rings. The molecule has 4 bridgehead atoms. The Balaban J connectivity index is 1.40. The molecular weight excluding hydrogens is 425 g/mol. The Bertz CT molecular complexity index is 1040. The Labute approximate surface area is 182 Å². The van der Waals surface area contributed by atoms with Gasteiger partial charge in [0.05, 0.1) is 24.4 Å². The first-order valence-corrected chi connectivity index (χ1v) is 10.8. The van der Waals surface area contributed by atoms with E-state index in [1.54, 1.807) is 0 Å². The summed E-state index contributed by atoms with van der Waals surface area (Å²) in [6, 6.07) is 3.55. The fraction of sp³-hybridized carbons (Fsp3) is 0.571. The zero-order chi connectivity index (χ0) is 22.0. The number of hydrogen-bond acceptors (Lipinski definition) is 8. The second-order valence-corrected chi connectivity index (χ2v) is 8.95. The van der Waals surface area contributed by atoms with Gasteiger partial charge < -0.3 is 25.0 Å². The lowest BCUT2D eigenvalue weighted by Crippen LogP contribution is -2.39. The molecule has 0 amide bonds. The lowest BCUT2D eigenvalue weighted by molar-refractivity contribution is -0.0494. The van der Waals surface area contributed by atoms with E-state index in [1.165, 1.54) is 12.3 Å². The van der Waals surface area contributed by atoms with E-state index in [0.717, 1.165) is 25.2 Å². The summed E-state index contributed by atoms with van der Waals surface area (Å²) in [5, 5.41) is 0. The predicted molar refractivity (Wildman–Crippen MR) is 111 cm³/mol. The number of fused-ring (bicyclic) bond motifs is 4. The number of ether oxygens (including phenoxy) is 2. The molecule has 0 radical (unpaired) electrons. The van der Waals surface area contributed by atoms with Crippen LogP contribution in [0.3, 0.4) is 0 Å². The molecule has 32 heavy (non-hydrogen) atoms. The summed E-state index contributed by atoms with van der Waals surface area (Å²) in [4.78, 5) is 17.8. The summed E-state index contributed by atoms with van der Waals surface area (Å²) in [5.74, 6) is 0.940. The average Bonchev–Trinajstić information content (AvgIpc) is 3.55. The molecule has 170 valence electrons. The van der Waals surface area contributed by atoms with E-state index >= 15 is 0 Å². The standard InChI is InChI=1S/C21H23F3N6O2/c22-15-4-12-1-11(15)7-30(12)21-27-16(10-2-17(32-20(23)24)19(25)26-6-10)5-18(28-21)29-8-14-3-13(29)9-31-14/h2,5-6,11-15,20H,1,3-4,7-9H2,(H2,25,26)/t11?,12?,13-,14-,15?/m0/s1. The molecule has 3 saturated heterocycles. The maximum absolute atomic E-state index is 14.1. The summed E-state index contributed by atoms with van der Waals surface area (Å²) >= 11 is 0. The van der Waals surface area contributed by atoms with Crippen LogP contribution in [0.5, 0.6) is 5.75 Å². The number of pyridine rings is 1. The van der Waals surface area contributed by atoms with Gasteiger partial charge in [-0.2, -0.15) is 13.8 Å². The fourth-order valence-electron chi connectivity index (χ4n) is 5.45. The molecule has 6 rings (SSSR count). The molecular formula is C21H23F3N6O2. The molecule has 11 heteroatoms. The van der Waals surface area contributed by atoms with E-state index in [9.17, 15) is 13.2 Å². The minimum atomic E-state index is -3.01. The van der Waals surface area contributed by atoms with Gasteiger partial charge in [-0.1, -0.05) is 0 Å². The summed E-state index contributed by atoms with van der Waals surface area (Å²) < 4.78 is 49.9. The Morgan fingerprint density at radius 3 is 2.62 bits per heavy atom. The monoisotopic (exact) mass is 448 g/mol. The molecule has 4 aliphatic rings. The number of alkyl halides is 3. The van der Waals surface area contributed by atoms with Crippen LogP contribution in [0.15, 0.2) is 18.3 Å². The summed E-state index contributed by atoms with van der Waals surface area (Å²) in [7, 11) is 0. The number of rotatable bonds is 5. The van der Waals surface area contributed by atoms with Crippen molar-refractivity contribution in [1.29, 1.82) is 0 Å². The van der Waals surface area contributed by atoms with E-state index in [2.05, 4.69) is 19.5 Å². The van der Waals surface area contributed by atoms with Crippen molar-refractivity contribution < 1.29 is 22.6 Å². The number of nitrogens with zero attached hydrogens (tertiary/aromatic N) is 5. The molecule has 5 atom stereocenters. The molecule has 3 unspecified atom stereocenters. The highest BCUT2D eigenvalue weighted by atomic mass is 19.3. The molecule has 1 aliphatic carbocycles. The van der Waals surface area contributed by atoms with Gasteiger partial charge in [-0.05, 0) is 25.3 Å². The van der Waals surface area contributed by atoms with E-state index in [-0.39, 0.29) is 35.7 Å². The van der Waals surface area contributed by atoms with Crippen LogP contribution >= 0.6 is 0 Å². The topological polar surface area (TPSA) is 89.6 Å². The number of morpholine rings is 1. The molecule has 3 aliphatic heterocycles. The molecule has 2 aromatic heterocycles. The van der Waals surface area contributed by atoms with Crippen LogP contribution in [0.1, 0.15) is 19.3 Å². The number of nitrogen functional groups attached to an aromatic ring is 1. The molecule has 8 nitrogen and oxygen atoms in total. The van der Waals surface area contributed by atoms with Gasteiger partial charge in [0, 0.05) is 42.9 Å². The first-order valence-electron chi connectivity index (χ1n) is 10.8. The zero-order valence-electron chi connectivity index (χ0n) is 17.2. The lowest BCUT2D eigenvalue weighted by atomic mass is 10.1. The van der Waals surface area contributed by atoms with Crippen molar-refractivity contribution in [3.8, 4) is 17.0 Å². The van der Waals surface area contributed by atoms with E-state index in [0.29, 0.717) is 36.8 Å². The van der Waals surface area contributed by atoms with Crippen LogP contribution in [-0.2, 0) is 4.74 Å². The molecule has 2 aromatic rings. The number of nitrogens with two attached hydrogens (primary N) is 1. The molecule has 5 heterocycles. The molecule has 2 N–H and O–H groups in total. The third kappa shape index (κ3) is 3.30. The van der Waals surface area contributed by atoms with Crippen molar-refractivity contribution in [1.82, 2.24) is 15.0 Å². The van der Waals surface area contributed by atoms with Gasteiger partial charge in [0.25, 0.3) is 0 Å². The normalized spacial score (nSPS) is 30.7. The molecule has 1 saturated carbocycles. The van der Waals surface area contributed by atoms with Crippen molar-refractivity contribution in [2.45, 2.75) is 50.2 Å². The molecule has 0 spiro atoms. The van der Waals surface area contributed by atoms with Crippen LogP contribution in [0.4, 0.5) is 30.8 Å². The Kier molecular flexibility index (Phi) is 4.56. The smallest absolute Gasteiger partial charge is 0.387 e. The van der Waals surface area contributed by atoms with Crippen molar-refractivity contribution >= 4 is 17.6 Å². The number of piperidine rings is 1. The predicted octanol–water partition coefficient (Wildman–Crippen LogP) is 2.64. The quantitative estimate of drug-likeness (QED) is 0.747. The van der Waals surface area contributed by atoms with Gasteiger partial charge in [0.2, 0.25) is 5.95 Å². The van der Waals surface area contributed by atoms with E-state index in [1.807, 2.05) is 6.07 Å². The van der Waals surface area contributed by atoms with Gasteiger partial charge in [0.1, 0.15) is 12.0 Å². The van der Waals surface area contributed by atoms with Crippen LogP contribution in [0, 0.1) is 5.92 Å². The van der Waals surface area contributed by atoms with Crippen molar-refractivity contribution in [3.63, 3.8) is 0 Å². The zero-order valence-corrected chi connectivity index (χ0v) is 17.2. The van der Waals surface area contributed by atoms with Crippen LogP contribution < -0.4 is 20.3 Å². The minimum Gasteiger partial charge on any atom is -0.431 e. The maximum Gasteiger partial charge on any atom is 0.387 e. The summed E-state index contributed by atoms with van der Waals surface area (Å²) in [5.41, 5.74) is 6.72. The maximum atomic E-state index is 14.1. The highest BCUT2D eigenvalue weighted by Crippen LogP contribution is 2.42. The van der Waals surface area contributed by atoms with Crippen molar-refractivity contribution in [3.05, 3.63) is 18.3 Å². The second kappa shape index (κ2) is 7.36.